The summed E-state index contributed by atoms with van der Waals surface area (Å²) in [5, 5.41) is 8.07. The monoisotopic (exact) mass is 414 g/mol. The molecule has 3 heterocycles. The zero-order valence-corrected chi connectivity index (χ0v) is 19.8. The van der Waals surface area contributed by atoms with Crippen molar-refractivity contribution in [2.75, 3.05) is 13.7 Å². The average molecular weight is 415 g/mol. The van der Waals surface area contributed by atoms with Gasteiger partial charge in [-0.25, -0.2) is 15.0 Å². The molecule has 2 N–H and O–H groups in total. The maximum Gasteiger partial charge on any atom is 0.222 e. The van der Waals surface area contributed by atoms with Gasteiger partial charge in [-0.15, -0.1) is 0 Å². The van der Waals surface area contributed by atoms with Gasteiger partial charge in [0.15, 0.2) is 5.65 Å². The Morgan fingerprint density at radius 2 is 1.80 bits per heavy atom. The summed E-state index contributed by atoms with van der Waals surface area (Å²) >= 11 is 0. The quantitative estimate of drug-likeness (QED) is 0.530. The molecule has 0 unspecified atom stereocenters. The highest BCUT2D eigenvalue weighted by Gasteiger charge is 2.17. The third-order valence-electron chi connectivity index (χ3n) is 4.54. The van der Waals surface area contributed by atoms with Crippen LogP contribution in [-0.4, -0.2) is 38.8 Å². The number of fused-ring (bicyclic) bond motifs is 1. The zero-order chi connectivity index (χ0) is 22.7. The van der Waals surface area contributed by atoms with E-state index in [-0.39, 0.29) is 0 Å². The number of ether oxygens (including phenoxy) is 1. The van der Waals surface area contributed by atoms with Gasteiger partial charge in [0.2, 0.25) is 5.88 Å². The van der Waals surface area contributed by atoms with Crippen LogP contribution in [0.3, 0.4) is 0 Å². The number of hydrogen-bond acceptors (Lipinski definition) is 5. The van der Waals surface area contributed by atoms with Gasteiger partial charge in [-0.1, -0.05) is 48.0 Å². The fourth-order valence-corrected chi connectivity index (χ4v) is 2.82. The van der Waals surface area contributed by atoms with Gasteiger partial charge in [-0.2, -0.15) is 0 Å². The molecule has 3 aromatic heterocycles. The Kier molecular flexibility index (Phi) is 11.0. The fraction of sp³-hybridized carbons (Fsp3) is 0.542. The highest BCUT2D eigenvalue weighted by molar-refractivity contribution is 5.80. The first-order valence-corrected chi connectivity index (χ1v) is 11.0. The first-order chi connectivity index (χ1) is 14.5. The molecular weight excluding hydrogens is 376 g/mol. The molecule has 3 aromatic rings. The Bertz CT molecular complexity index is 902. The van der Waals surface area contributed by atoms with Gasteiger partial charge in [0.25, 0.3) is 0 Å². The van der Waals surface area contributed by atoms with Crippen LogP contribution >= 0.6 is 0 Å². The molecule has 0 spiro atoms. The lowest BCUT2D eigenvalue weighted by atomic mass is 10.1. The van der Waals surface area contributed by atoms with Crippen LogP contribution in [0.2, 0.25) is 0 Å². The zero-order valence-electron chi connectivity index (χ0n) is 19.8. The van der Waals surface area contributed by atoms with Crippen molar-refractivity contribution in [1.82, 2.24) is 19.9 Å². The van der Waals surface area contributed by atoms with Crippen LogP contribution in [0.1, 0.15) is 77.3 Å². The third-order valence-corrected chi connectivity index (χ3v) is 4.54. The summed E-state index contributed by atoms with van der Waals surface area (Å²) in [7, 11) is 1.65. The summed E-state index contributed by atoms with van der Waals surface area (Å²) in [4.78, 5) is 17.4. The van der Waals surface area contributed by atoms with E-state index in [0.29, 0.717) is 18.4 Å². The van der Waals surface area contributed by atoms with Gasteiger partial charge in [0.05, 0.1) is 24.1 Å². The minimum Gasteiger partial charge on any atom is -0.480 e. The number of nitrogens with one attached hydrogen (secondary N) is 1. The standard InChI is InChI=1S/C18H22N4O.C4H10O.C2H6/c1-6-13-16(22-15-11(4)9-19-17(15)20-13)12-7-8-14(10(2)3)21-18(12)23-5;1-2-3-4-5;1-2/h7-10H,6H2,1-5H3,(H,19,20);5H,2-4H2,1H3;1-2H3. The van der Waals surface area contributed by atoms with Gasteiger partial charge >= 0.3 is 0 Å². The molecular formula is C24H38N4O2. The number of hydrogen-bond donors (Lipinski definition) is 2. The van der Waals surface area contributed by atoms with E-state index >= 15 is 0 Å². The van der Waals surface area contributed by atoms with Crippen LogP contribution in [0.25, 0.3) is 22.4 Å². The summed E-state index contributed by atoms with van der Waals surface area (Å²) in [5.41, 5.74) is 6.50. The SMILES string of the molecule is CC.CCCCO.CCc1nc2[nH]cc(C)c2nc1-c1ccc(C(C)C)nc1OC. The van der Waals surface area contributed by atoms with Gasteiger partial charge < -0.3 is 14.8 Å². The molecule has 0 aliphatic heterocycles. The van der Waals surface area contributed by atoms with E-state index in [1.165, 1.54) is 0 Å². The van der Waals surface area contributed by atoms with E-state index < -0.39 is 0 Å². The molecule has 0 saturated heterocycles. The van der Waals surface area contributed by atoms with E-state index in [1.54, 1.807) is 7.11 Å². The average Bonchev–Trinajstić information content (AvgIpc) is 3.14. The van der Waals surface area contributed by atoms with Crippen LogP contribution < -0.4 is 4.74 Å². The summed E-state index contributed by atoms with van der Waals surface area (Å²) in [6, 6.07) is 4.08. The van der Waals surface area contributed by atoms with Crippen molar-refractivity contribution in [1.29, 1.82) is 0 Å². The first kappa shape index (κ1) is 25.6. The lowest BCUT2D eigenvalue weighted by Gasteiger charge is -2.13. The van der Waals surface area contributed by atoms with E-state index in [2.05, 4.69) is 37.7 Å². The molecule has 0 fully saturated rings. The maximum atomic E-state index is 8.07. The molecule has 0 bridgehead atoms. The number of aromatic amines is 1. The van der Waals surface area contributed by atoms with Crippen molar-refractivity contribution in [2.45, 2.75) is 73.6 Å². The molecule has 0 aliphatic carbocycles. The summed E-state index contributed by atoms with van der Waals surface area (Å²) in [6.45, 7) is 14.7. The molecule has 0 aromatic carbocycles. The molecule has 6 heteroatoms. The number of H-pyrrole nitrogens is 1. The van der Waals surface area contributed by atoms with Crippen molar-refractivity contribution in [3.63, 3.8) is 0 Å². The van der Waals surface area contributed by atoms with Crippen LogP contribution in [0.4, 0.5) is 0 Å². The molecule has 0 saturated carbocycles. The number of aromatic nitrogens is 4. The van der Waals surface area contributed by atoms with Crippen LogP contribution in [0.5, 0.6) is 5.88 Å². The number of aryl methyl sites for hydroxylation is 2. The van der Waals surface area contributed by atoms with Crippen molar-refractivity contribution in [2.24, 2.45) is 0 Å². The van der Waals surface area contributed by atoms with Crippen molar-refractivity contribution < 1.29 is 9.84 Å². The van der Waals surface area contributed by atoms with Gasteiger partial charge in [-0.05, 0) is 43.4 Å². The van der Waals surface area contributed by atoms with Crippen LogP contribution in [0, 0.1) is 6.92 Å². The number of aliphatic hydroxyl groups excluding tert-OH is 1. The minimum absolute atomic E-state index is 0.344. The molecule has 3 rings (SSSR count). The summed E-state index contributed by atoms with van der Waals surface area (Å²) in [5.74, 6) is 0.955. The predicted molar refractivity (Wildman–Crippen MR) is 125 cm³/mol. The maximum absolute atomic E-state index is 8.07. The molecule has 166 valence electrons. The van der Waals surface area contributed by atoms with Crippen LogP contribution in [-0.2, 0) is 6.42 Å². The second-order valence-corrected chi connectivity index (χ2v) is 7.07. The Labute approximate surface area is 181 Å². The molecule has 6 nitrogen and oxygen atoms in total. The number of aliphatic hydroxyl groups is 1. The van der Waals surface area contributed by atoms with E-state index in [9.17, 15) is 0 Å². The lowest BCUT2D eigenvalue weighted by Crippen LogP contribution is -2.02. The number of nitrogens with zero attached hydrogens (tertiary/aromatic N) is 3. The Morgan fingerprint density at radius 1 is 1.10 bits per heavy atom. The largest absolute Gasteiger partial charge is 0.480 e. The first-order valence-electron chi connectivity index (χ1n) is 11.0. The topological polar surface area (TPSA) is 83.9 Å². The number of rotatable bonds is 6. The lowest BCUT2D eigenvalue weighted by molar-refractivity contribution is 0.287. The summed E-state index contributed by atoms with van der Waals surface area (Å²) in [6.07, 6.45) is 4.77. The second kappa shape index (κ2) is 13.0. The number of unbranched alkanes of at least 4 members (excludes halogenated alkanes) is 1. The van der Waals surface area contributed by atoms with Gasteiger partial charge in [0.1, 0.15) is 5.52 Å². The molecule has 0 amide bonds. The van der Waals surface area contributed by atoms with Gasteiger partial charge in [-0.3, -0.25) is 0 Å². The van der Waals surface area contributed by atoms with E-state index in [4.69, 9.17) is 19.8 Å². The highest BCUT2D eigenvalue weighted by Crippen LogP contribution is 2.32. The third kappa shape index (κ3) is 6.26. The summed E-state index contributed by atoms with van der Waals surface area (Å²) < 4.78 is 5.53. The second-order valence-electron chi connectivity index (χ2n) is 7.07. The van der Waals surface area contributed by atoms with Crippen molar-refractivity contribution in [3.05, 3.63) is 35.3 Å². The number of methoxy groups -OCH3 is 1. The minimum atomic E-state index is 0.344. The van der Waals surface area contributed by atoms with Crippen LogP contribution in [0.15, 0.2) is 18.3 Å². The molecule has 0 atom stereocenters. The van der Waals surface area contributed by atoms with E-state index in [0.717, 1.165) is 58.6 Å². The van der Waals surface area contributed by atoms with Crippen molar-refractivity contribution >= 4 is 11.2 Å². The molecule has 0 radical (unpaired) electrons. The predicted octanol–water partition coefficient (Wildman–Crippen LogP) is 5.83. The fourth-order valence-electron chi connectivity index (χ4n) is 2.82. The Balaban J connectivity index is 0.000000565. The van der Waals surface area contributed by atoms with Crippen molar-refractivity contribution in [3.8, 4) is 17.1 Å². The van der Waals surface area contributed by atoms with E-state index in [1.807, 2.05) is 39.1 Å². The highest BCUT2D eigenvalue weighted by atomic mass is 16.5. The normalized spacial score (nSPS) is 10.3. The van der Waals surface area contributed by atoms with Gasteiger partial charge in [0, 0.05) is 18.5 Å². The number of pyridine rings is 1. The molecule has 0 aliphatic rings. The smallest absolute Gasteiger partial charge is 0.222 e. The molecule has 30 heavy (non-hydrogen) atoms. The Morgan fingerprint density at radius 3 is 2.30 bits per heavy atom. The Hall–Kier alpha value is -2.47.